The van der Waals surface area contributed by atoms with Crippen LogP contribution in [0.15, 0.2) is 12.4 Å². The van der Waals surface area contributed by atoms with Gasteiger partial charge in [-0.1, -0.05) is 19.3 Å². The standard InChI is InChI=1S/C13H18N2O2S/c1-17-13-12(14-7-8-15-13)11(16)9-18-10-5-3-2-4-6-10/h7-8,10H,2-6,9H2,1H3. The SMILES string of the molecule is COc1nccnc1C(=O)CSC1CCCCC1. The second kappa shape index (κ2) is 6.73. The zero-order chi connectivity index (χ0) is 12.8. The van der Waals surface area contributed by atoms with E-state index in [-0.39, 0.29) is 5.78 Å². The molecule has 0 aromatic carbocycles. The molecule has 0 spiro atoms. The minimum absolute atomic E-state index is 0.00974. The van der Waals surface area contributed by atoms with Crippen molar-refractivity contribution in [3.05, 3.63) is 18.1 Å². The summed E-state index contributed by atoms with van der Waals surface area (Å²) in [5.41, 5.74) is 0.350. The first-order valence-corrected chi connectivity index (χ1v) is 7.36. The second-order valence-electron chi connectivity index (χ2n) is 4.41. The predicted octanol–water partition coefficient (Wildman–Crippen LogP) is 2.73. The number of ketones is 1. The molecule has 0 aliphatic heterocycles. The van der Waals surface area contributed by atoms with E-state index in [0.29, 0.717) is 22.6 Å². The van der Waals surface area contributed by atoms with E-state index in [0.717, 1.165) is 0 Å². The number of ether oxygens (including phenoxy) is 1. The van der Waals surface area contributed by atoms with Crippen LogP contribution in [0.5, 0.6) is 5.88 Å². The first kappa shape index (κ1) is 13.3. The molecule has 1 heterocycles. The predicted molar refractivity (Wildman–Crippen MR) is 72.2 cm³/mol. The van der Waals surface area contributed by atoms with Crippen LogP contribution in [0.3, 0.4) is 0 Å². The Bertz CT molecular complexity index is 406. The van der Waals surface area contributed by atoms with Crippen LogP contribution >= 0.6 is 11.8 Å². The van der Waals surface area contributed by atoms with Gasteiger partial charge in [0, 0.05) is 17.6 Å². The van der Waals surface area contributed by atoms with Crippen LogP contribution in [0.25, 0.3) is 0 Å². The first-order valence-electron chi connectivity index (χ1n) is 6.31. The fourth-order valence-electron chi connectivity index (χ4n) is 2.16. The van der Waals surface area contributed by atoms with Crippen molar-refractivity contribution >= 4 is 17.5 Å². The van der Waals surface area contributed by atoms with Crippen LogP contribution in [0, 0.1) is 0 Å². The largest absolute Gasteiger partial charge is 0.479 e. The summed E-state index contributed by atoms with van der Waals surface area (Å²) in [7, 11) is 1.51. The highest BCUT2D eigenvalue weighted by Crippen LogP contribution is 2.28. The molecule has 0 radical (unpaired) electrons. The van der Waals surface area contributed by atoms with Crippen molar-refractivity contribution in [1.29, 1.82) is 0 Å². The summed E-state index contributed by atoms with van der Waals surface area (Å²) in [5.74, 6) is 0.807. The van der Waals surface area contributed by atoms with Gasteiger partial charge in [0.15, 0.2) is 11.5 Å². The summed E-state index contributed by atoms with van der Waals surface area (Å²) in [6, 6.07) is 0. The number of nitrogens with zero attached hydrogens (tertiary/aromatic N) is 2. The minimum Gasteiger partial charge on any atom is -0.479 e. The molecule has 0 N–H and O–H groups in total. The normalized spacial score (nSPS) is 16.5. The van der Waals surface area contributed by atoms with Gasteiger partial charge in [0.2, 0.25) is 5.88 Å². The van der Waals surface area contributed by atoms with Gasteiger partial charge in [0.05, 0.1) is 12.9 Å². The lowest BCUT2D eigenvalue weighted by Gasteiger charge is -2.20. The Morgan fingerprint density at radius 3 is 2.78 bits per heavy atom. The summed E-state index contributed by atoms with van der Waals surface area (Å²) >= 11 is 1.75. The molecule has 0 bridgehead atoms. The van der Waals surface area contributed by atoms with Crippen molar-refractivity contribution in [3.63, 3.8) is 0 Å². The molecular weight excluding hydrogens is 248 g/mol. The lowest BCUT2D eigenvalue weighted by molar-refractivity contribution is 0.101. The van der Waals surface area contributed by atoms with Crippen LogP contribution in [-0.4, -0.2) is 33.9 Å². The summed E-state index contributed by atoms with van der Waals surface area (Å²) < 4.78 is 5.05. The highest BCUT2D eigenvalue weighted by Gasteiger charge is 2.19. The summed E-state index contributed by atoms with van der Waals surface area (Å²) in [4.78, 5) is 20.1. The van der Waals surface area contributed by atoms with Crippen LogP contribution in [-0.2, 0) is 0 Å². The monoisotopic (exact) mass is 266 g/mol. The molecule has 4 nitrogen and oxygen atoms in total. The van der Waals surface area contributed by atoms with Gasteiger partial charge in [-0.25, -0.2) is 9.97 Å². The Balaban J connectivity index is 1.90. The third-order valence-electron chi connectivity index (χ3n) is 3.12. The maximum absolute atomic E-state index is 12.1. The average Bonchev–Trinajstić information content (AvgIpc) is 2.45. The average molecular weight is 266 g/mol. The van der Waals surface area contributed by atoms with E-state index < -0.39 is 0 Å². The number of Topliss-reactive ketones (excluding diaryl/α,β-unsaturated/α-hetero) is 1. The maximum atomic E-state index is 12.1. The Labute approximate surface area is 112 Å². The van der Waals surface area contributed by atoms with Gasteiger partial charge in [0.1, 0.15) is 0 Å². The number of carbonyl (C=O) groups excluding carboxylic acids is 1. The van der Waals surface area contributed by atoms with Crippen molar-refractivity contribution in [3.8, 4) is 5.88 Å². The van der Waals surface area contributed by atoms with Crippen molar-refractivity contribution in [1.82, 2.24) is 9.97 Å². The van der Waals surface area contributed by atoms with Gasteiger partial charge in [-0.2, -0.15) is 11.8 Å². The number of hydrogen-bond acceptors (Lipinski definition) is 5. The van der Waals surface area contributed by atoms with E-state index in [2.05, 4.69) is 9.97 Å². The van der Waals surface area contributed by atoms with Crippen LogP contribution in [0.1, 0.15) is 42.6 Å². The molecule has 0 saturated heterocycles. The molecule has 1 saturated carbocycles. The summed E-state index contributed by atoms with van der Waals surface area (Å²) in [6.07, 6.45) is 9.44. The molecule has 18 heavy (non-hydrogen) atoms. The Morgan fingerprint density at radius 2 is 2.06 bits per heavy atom. The topological polar surface area (TPSA) is 52.1 Å². The lowest BCUT2D eigenvalue weighted by atomic mass is 10.0. The highest BCUT2D eigenvalue weighted by molar-refractivity contribution is 8.00. The zero-order valence-electron chi connectivity index (χ0n) is 10.6. The van der Waals surface area contributed by atoms with Crippen molar-refractivity contribution in [2.75, 3.05) is 12.9 Å². The van der Waals surface area contributed by atoms with Gasteiger partial charge in [-0.15, -0.1) is 0 Å². The molecule has 1 aliphatic carbocycles. The number of methoxy groups -OCH3 is 1. The van der Waals surface area contributed by atoms with Gasteiger partial charge < -0.3 is 4.74 Å². The molecule has 0 unspecified atom stereocenters. The number of aromatic nitrogens is 2. The van der Waals surface area contributed by atoms with Gasteiger partial charge in [-0.3, -0.25) is 4.79 Å². The third-order valence-corrected chi connectivity index (χ3v) is 4.50. The van der Waals surface area contributed by atoms with E-state index in [4.69, 9.17) is 4.74 Å². The number of rotatable bonds is 5. The minimum atomic E-state index is 0.00974. The maximum Gasteiger partial charge on any atom is 0.243 e. The fourth-order valence-corrected chi connectivity index (χ4v) is 3.35. The molecule has 98 valence electrons. The fraction of sp³-hybridized carbons (Fsp3) is 0.615. The zero-order valence-corrected chi connectivity index (χ0v) is 11.4. The molecule has 0 amide bonds. The van der Waals surface area contributed by atoms with Crippen molar-refractivity contribution in [2.45, 2.75) is 37.4 Å². The number of hydrogen-bond donors (Lipinski definition) is 0. The van der Waals surface area contributed by atoms with E-state index in [1.54, 1.807) is 11.8 Å². The Hall–Kier alpha value is -1.10. The quantitative estimate of drug-likeness (QED) is 0.767. The van der Waals surface area contributed by atoms with Gasteiger partial charge >= 0.3 is 0 Å². The molecule has 0 atom stereocenters. The van der Waals surface area contributed by atoms with Crippen molar-refractivity contribution < 1.29 is 9.53 Å². The van der Waals surface area contributed by atoms with Crippen LogP contribution < -0.4 is 4.74 Å². The second-order valence-corrected chi connectivity index (χ2v) is 5.70. The summed E-state index contributed by atoms with van der Waals surface area (Å²) in [6.45, 7) is 0. The number of thioether (sulfide) groups is 1. The van der Waals surface area contributed by atoms with E-state index >= 15 is 0 Å². The summed E-state index contributed by atoms with van der Waals surface area (Å²) in [5, 5.41) is 0.630. The lowest BCUT2D eigenvalue weighted by Crippen LogP contribution is -2.14. The molecular formula is C13H18N2O2S. The van der Waals surface area contributed by atoms with Gasteiger partial charge in [0.25, 0.3) is 0 Å². The molecule has 5 heteroatoms. The van der Waals surface area contributed by atoms with Crippen LogP contribution in [0.4, 0.5) is 0 Å². The van der Waals surface area contributed by atoms with E-state index in [9.17, 15) is 4.79 Å². The molecule has 2 rings (SSSR count). The van der Waals surface area contributed by atoms with Crippen LogP contribution in [0.2, 0.25) is 0 Å². The Morgan fingerprint density at radius 1 is 1.33 bits per heavy atom. The molecule has 1 fully saturated rings. The van der Waals surface area contributed by atoms with Crippen molar-refractivity contribution in [2.24, 2.45) is 0 Å². The highest BCUT2D eigenvalue weighted by atomic mass is 32.2. The van der Waals surface area contributed by atoms with Gasteiger partial charge in [-0.05, 0) is 12.8 Å². The smallest absolute Gasteiger partial charge is 0.243 e. The first-order chi connectivity index (χ1) is 8.81. The van der Waals surface area contributed by atoms with E-state index in [1.807, 2.05) is 0 Å². The molecule has 1 aromatic rings. The number of carbonyl (C=O) groups is 1. The third kappa shape index (κ3) is 3.45. The Kier molecular flexibility index (Phi) is 4.99. The molecule has 1 aliphatic rings. The van der Waals surface area contributed by atoms with E-state index in [1.165, 1.54) is 51.6 Å². The molecule has 1 aromatic heterocycles.